The molecule has 2 atom stereocenters. The summed E-state index contributed by atoms with van der Waals surface area (Å²) in [5, 5.41) is 11.7. The number of allylic oxidation sites excluding steroid dienone is 10. The van der Waals surface area contributed by atoms with Gasteiger partial charge in [-0.25, -0.2) is 0 Å². The fourth-order valence-electron chi connectivity index (χ4n) is 7.03. The maximum atomic E-state index is 12.8. The van der Waals surface area contributed by atoms with Crippen molar-refractivity contribution in [2.45, 2.75) is 225 Å². The second-order valence-corrected chi connectivity index (χ2v) is 18.4. The van der Waals surface area contributed by atoms with E-state index in [1.54, 1.807) is 0 Å². The standard InChI is InChI=1S/C55H97NO8/c1-6-8-10-12-14-16-18-20-22-24-25-26-27-28-29-30-32-34-36-38-40-42-44-46-53(58)64-51(50-63-55(54(59)60)61-48-47-56(3,4)5)49-62-52(57)45-43-41-39-37-35-33-31-23-21-19-17-15-13-11-9-7-2/h8,10,14,16,20,22,25-26,28-29,51,55H,6-7,9,11-13,15,17-19,21,23-24,27,30-50H2,1-5H3/b10-8-,16-14-,22-20-,26-25-,29-28-. The summed E-state index contributed by atoms with van der Waals surface area (Å²) in [4.78, 5) is 37.2. The van der Waals surface area contributed by atoms with Crippen LogP contribution in [0, 0.1) is 0 Å². The highest BCUT2D eigenvalue weighted by atomic mass is 16.7. The summed E-state index contributed by atoms with van der Waals surface area (Å²) in [5.41, 5.74) is 0. The van der Waals surface area contributed by atoms with E-state index in [0.717, 1.165) is 77.0 Å². The number of quaternary nitrogens is 1. The average molecular weight is 900 g/mol. The first kappa shape index (κ1) is 61.0. The lowest BCUT2D eigenvalue weighted by Crippen LogP contribution is -2.44. The van der Waals surface area contributed by atoms with E-state index in [4.69, 9.17) is 18.9 Å². The van der Waals surface area contributed by atoms with Crippen molar-refractivity contribution in [3.63, 3.8) is 0 Å². The van der Waals surface area contributed by atoms with Gasteiger partial charge in [0.25, 0.3) is 0 Å². The lowest BCUT2D eigenvalue weighted by atomic mass is 10.0. The Bertz CT molecular complexity index is 1230. The zero-order valence-corrected chi connectivity index (χ0v) is 41.9. The van der Waals surface area contributed by atoms with Crippen molar-refractivity contribution in [2.75, 3.05) is 47.5 Å². The quantitative estimate of drug-likeness (QED) is 0.0195. The molecular weight excluding hydrogens is 803 g/mol. The van der Waals surface area contributed by atoms with Crippen LogP contribution in [0.4, 0.5) is 0 Å². The summed E-state index contributed by atoms with van der Waals surface area (Å²) in [7, 11) is 5.91. The molecule has 0 saturated carbocycles. The number of unbranched alkanes of at least 4 members (excludes halogenated alkanes) is 22. The molecule has 0 spiro atoms. The molecule has 64 heavy (non-hydrogen) atoms. The lowest BCUT2D eigenvalue weighted by molar-refractivity contribution is -0.870. The van der Waals surface area contributed by atoms with Crippen LogP contribution in [0.25, 0.3) is 0 Å². The fraction of sp³-hybridized carbons (Fsp3) is 0.764. The molecule has 0 aromatic rings. The molecule has 370 valence electrons. The number of likely N-dealkylation sites (N-methyl/N-ethyl adjacent to an activating group) is 1. The van der Waals surface area contributed by atoms with Gasteiger partial charge in [0.05, 0.1) is 40.3 Å². The predicted molar refractivity (Wildman–Crippen MR) is 265 cm³/mol. The molecule has 0 bridgehead atoms. The van der Waals surface area contributed by atoms with Gasteiger partial charge in [-0.2, -0.15) is 0 Å². The van der Waals surface area contributed by atoms with Crippen LogP contribution in [0.5, 0.6) is 0 Å². The molecule has 0 aromatic heterocycles. The molecule has 0 N–H and O–H groups in total. The van der Waals surface area contributed by atoms with Gasteiger partial charge in [-0.05, 0) is 57.8 Å². The summed E-state index contributed by atoms with van der Waals surface area (Å²) in [6, 6.07) is 0. The van der Waals surface area contributed by atoms with Crippen LogP contribution < -0.4 is 5.11 Å². The third-order valence-electron chi connectivity index (χ3n) is 11.0. The van der Waals surface area contributed by atoms with Crippen LogP contribution in [-0.4, -0.2) is 82.3 Å². The Morgan fingerprint density at radius 1 is 0.484 bits per heavy atom. The topological polar surface area (TPSA) is 111 Å². The minimum absolute atomic E-state index is 0.144. The molecule has 0 aliphatic carbocycles. The van der Waals surface area contributed by atoms with Gasteiger partial charge in [-0.1, -0.05) is 203 Å². The Kier molecular flexibility index (Phi) is 44.3. The molecule has 0 aromatic carbocycles. The van der Waals surface area contributed by atoms with E-state index in [-0.39, 0.29) is 32.2 Å². The molecular formula is C55H97NO8. The Labute approximate surface area is 393 Å². The Morgan fingerprint density at radius 3 is 1.33 bits per heavy atom. The molecule has 0 fully saturated rings. The first-order valence-corrected chi connectivity index (χ1v) is 25.9. The van der Waals surface area contributed by atoms with Gasteiger partial charge in [0, 0.05) is 12.8 Å². The summed E-state index contributed by atoms with van der Waals surface area (Å²) in [5.74, 6) is -2.29. The summed E-state index contributed by atoms with van der Waals surface area (Å²) in [6.07, 6.45) is 53.9. The van der Waals surface area contributed by atoms with Crippen molar-refractivity contribution in [3.8, 4) is 0 Å². The van der Waals surface area contributed by atoms with Gasteiger partial charge >= 0.3 is 11.9 Å². The van der Waals surface area contributed by atoms with E-state index in [9.17, 15) is 19.5 Å². The van der Waals surface area contributed by atoms with Crippen molar-refractivity contribution >= 4 is 17.9 Å². The van der Waals surface area contributed by atoms with Gasteiger partial charge in [0.2, 0.25) is 0 Å². The number of hydrogen-bond donors (Lipinski definition) is 0. The zero-order chi connectivity index (χ0) is 47.0. The number of carbonyl (C=O) groups is 3. The Balaban J connectivity index is 4.35. The van der Waals surface area contributed by atoms with E-state index in [0.29, 0.717) is 23.9 Å². The van der Waals surface area contributed by atoms with Crippen molar-refractivity contribution in [3.05, 3.63) is 60.8 Å². The fourth-order valence-corrected chi connectivity index (χ4v) is 7.03. The molecule has 9 nitrogen and oxygen atoms in total. The summed E-state index contributed by atoms with van der Waals surface area (Å²) >= 11 is 0. The second kappa shape index (κ2) is 46.5. The number of carbonyl (C=O) groups excluding carboxylic acids is 3. The van der Waals surface area contributed by atoms with Crippen molar-refractivity contribution < 1.29 is 42.9 Å². The minimum atomic E-state index is -1.62. The number of carboxylic acid groups (broad SMARTS) is 1. The maximum absolute atomic E-state index is 12.8. The SMILES string of the molecule is CC/C=C\C/C=C\C/C=C\C/C=C\C/C=C\CCCCCCCCCC(=O)OC(COC(=O)CCCCCCCCCCCCCCCCCC)COC(OCC[N+](C)(C)C)C(=O)[O-]. The number of nitrogens with zero attached hydrogens (tertiary/aromatic N) is 1. The first-order valence-electron chi connectivity index (χ1n) is 25.9. The third kappa shape index (κ3) is 47.0. The number of esters is 2. The molecule has 0 amide bonds. The first-order chi connectivity index (χ1) is 31.1. The van der Waals surface area contributed by atoms with Crippen LogP contribution in [0.2, 0.25) is 0 Å². The van der Waals surface area contributed by atoms with E-state index < -0.39 is 24.3 Å². The Morgan fingerprint density at radius 2 is 0.891 bits per heavy atom. The normalized spacial score (nSPS) is 13.3. The van der Waals surface area contributed by atoms with Gasteiger partial charge in [-0.15, -0.1) is 0 Å². The van der Waals surface area contributed by atoms with Crippen molar-refractivity contribution in [1.82, 2.24) is 0 Å². The molecule has 0 aliphatic rings. The highest BCUT2D eigenvalue weighted by molar-refractivity contribution is 5.70. The maximum Gasteiger partial charge on any atom is 0.306 e. The minimum Gasteiger partial charge on any atom is -0.545 e. The predicted octanol–water partition coefficient (Wildman–Crippen LogP) is 13.2. The largest absolute Gasteiger partial charge is 0.545 e. The smallest absolute Gasteiger partial charge is 0.306 e. The zero-order valence-electron chi connectivity index (χ0n) is 41.9. The highest BCUT2D eigenvalue weighted by Crippen LogP contribution is 2.15. The molecule has 0 heterocycles. The molecule has 0 radical (unpaired) electrons. The number of ether oxygens (including phenoxy) is 4. The van der Waals surface area contributed by atoms with Crippen LogP contribution >= 0.6 is 0 Å². The van der Waals surface area contributed by atoms with E-state index >= 15 is 0 Å². The number of aliphatic carboxylic acids is 1. The third-order valence-corrected chi connectivity index (χ3v) is 11.0. The highest BCUT2D eigenvalue weighted by Gasteiger charge is 2.22. The number of hydrogen-bond acceptors (Lipinski definition) is 8. The molecule has 0 aliphatic heterocycles. The number of rotatable bonds is 47. The van der Waals surface area contributed by atoms with Crippen molar-refractivity contribution in [2.24, 2.45) is 0 Å². The van der Waals surface area contributed by atoms with Crippen LogP contribution in [0.15, 0.2) is 60.8 Å². The Hall–Kier alpha value is -3.01. The van der Waals surface area contributed by atoms with Gasteiger partial charge < -0.3 is 33.3 Å². The average Bonchev–Trinajstić information content (AvgIpc) is 3.26. The van der Waals surface area contributed by atoms with Gasteiger partial charge in [0.1, 0.15) is 13.2 Å². The summed E-state index contributed by atoms with van der Waals surface area (Å²) < 4.78 is 22.6. The van der Waals surface area contributed by atoms with Crippen LogP contribution in [0.1, 0.15) is 213 Å². The van der Waals surface area contributed by atoms with Crippen molar-refractivity contribution in [1.29, 1.82) is 0 Å². The molecule has 9 heteroatoms. The molecule has 0 rings (SSSR count). The molecule has 2 unspecified atom stereocenters. The van der Waals surface area contributed by atoms with Crippen LogP contribution in [-0.2, 0) is 33.3 Å². The summed E-state index contributed by atoms with van der Waals surface area (Å²) in [6.45, 7) is 4.63. The van der Waals surface area contributed by atoms with Gasteiger partial charge in [0.15, 0.2) is 12.4 Å². The van der Waals surface area contributed by atoms with E-state index in [2.05, 4.69) is 74.6 Å². The molecule has 0 saturated heterocycles. The van der Waals surface area contributed by atoms with E-state index in [1.807, 2.05) is 21.1 Å². The van der Waals surface area contributed by atoms with Crippen LogP contribution in [0.3, 0.4) is 0 Å². The van der Waals surface area contributed by atoms with Gasteiger partial charge in [-0.3, -0.25) is 9.59 Å². The van der Waals surface area contributed by atoms with E-state index in [1.165, 1.54) is 103 Å². The lowest BCUT2D eigenvalue weighted by Gasteiger charge is -2.26. The number of carboxylic acids is 1. The second-order valence-electron chi connectivity index (χ2n) is 18.4. The monoisotopic (exact) mass is 900 g/mol.